The van der Waals surface area contributed by atoms with Gasteiger partial charge in [0.25, 0.3) is 5.91 Å². The molecule has 3 rings (SSSR count). The summed E-state index contributed by atoms with van der Waals surface area (Å²) in [5.74, 6) is -0.241. The summed E-state index contributed by atoms with van der Waals surface area (Å²) in [6.45, 7) is 0.442. The van der Waals surface area contributed by atoms with Gasteiger partial charge in [-0.25, -0.2) is 8.42 Å². The molecule has 23 heavy (non-hydrogen) atoms. The average molecular weight is 395 g/mol. The van der Waals surface area contributed by atoms with Crippen LogP contribution in [0.15, 0.2) is 46.9 Å². The van der Waals surface area contributed by atoms with Crippen molar-refractivity contribution in [3.63, 3.8) is 0 Å². The molecule has 1 amide bonds. The number of nitrogens with zero attached hydrogens (tertiary/aromatic N) is 1. The van der Waals surface area contributed by atoms with Crippen molar-refractivity contribution in [3.8, 4) is 0 Å². The third kappa shape index (κ3) is 3.40. The predicted octanol–water partition coefficient (Wildman–Crippen LogP) is 3.02. The summed E-state index contributed by atoms with van der Waals surface area (Å²) < 4.78 is 25.8. The summed E-state index contributed by atoms with van der Waals surface area (Å²) in [5.41, 5.74) is 2.71. The van der Waals surface area contributed by atoms with Crippen LogP contribution in [0, 0.1) is 0 Å². The third-order valence-electron chi connectivity index (χ3n) is 3.68. The molecule has 0 bridgehead atoms. The Hall–Kier alpha value is -1.86. The Balaban J connectivity index is 1.87. The lowest BCUT2D eigenvalue weighted by molar-refractivity contribution is 0.102. The van der Waals surface area contributed by atoms with Crippen LogP contribution in [0.4, 0.5) is 11.4 Å². The predicted molar refractivity (Wildman–Crippen MR) is 94.4 cm³/mol. The van der Waals surface area contributed by atoms with Crippen molar-refractivity contribution < 1.29 is 13.2 Å². The van der Waals surface area contributed by atoms with Gasteiger partial charge in [0, 0.05) is 22.3 Å². The van der Waals surface area contributed by atoms with E-state index in [0.717, 1.165) is 10.0 Å². The second-order valence-electron chi connectivity index (χ2n) is 5.39. The molecule has 0 aliphatic carbocycles. The maximum Gasteiger partial charge on any atom is 0.255 e. The summed E-state index contributed by atoms with van der Waals surface area (Å²) in [4.78, 5) is 12.3. The molecule has 0 radical (unpaired) electrons. The standard InChI is InChI=1S/C16H15BrN2O3S/c1-23(21,22)19-8-7-11-5-6-14(10-15(11)19)18-16(20)12-3-2-4-13(17)9-12/h2-6,9-10H,7-8H2,1H3,(H,18,20). The first-order valence-electron chi connectivity index (χ1n) is 7.02. The molecule has 0 aromatic heterocycles. The SMILES string of the molecule is CS(=O)(=O)N1CCc2ccc(NC(=O)c3cccc(Br)c3)cc21. The molecule has 1 N–H and O–H groups in total. The van der Waals surface area contributed by atoms with E-state index in [9.17, 15) is 13.2 Å². The maximum atomic E-state index is 12.3. The zero-order valence-electron chi connectivity index (χ0n) is 12.4. The number of benzene rings is 2. The number of amides is 1. The Morgan fingerprint density at radius 1 is 1.22 bits per heavy atom. The zero-order chi connectivity index (χ0) is 16.6. The smallest absolute Gasteiger partial charge is 0.255 e. The van der Waals surface area contributed by atoms with E-state index in [1.807, 2.05) is 12.1 Å². The number of rotatable bonds is 3. The van der Waals surface area contributed by atoms with Gasteiger partial charge in [-0.1, -0.05) is 28.1 Å². The fourth-order valence-electron chi connectivity index (χ4n) is 2.61. The van der Waals surface area contributed by atoms with Crippen molar-refractivity contribution in [2.75, 3.05) is 22.4 Å². The Bertz CT molecular complexity index is 881. The van der Waals surface area contributed by atoms with E-state index in [1.165, 1.54) is 10.6 Å². The summed E-state index contributed by atoms with van der Waals surface area (Å²) in [6, 6.07) is 12.4. The number of fused-ring (bicyclic) bond motifs is 1. The number of carbonyl (C=O) groups excluding carboxylic acids is 1. The van der Waals surface area contributed by atoms with E-state index in [4.69, 9.17) is 0 Å². The van der Waals surface area contributed by atoms with Crippen molar-refractivity contribution in [1.29, 1.82) is 0 Å². The highest BCUT2D eigenvalue weighted by Crippen LogP contribution is 2.32. The van der Waals surface area contributed by atoms with Gasteiger partial charge in [0.05, 0.1) is 11.9 Å². The average Bonchev–Trinajstić information content (AvgIpc) is 2.90. The van der Waals surface area contributed by atoms with Crippen LogP contribution in [0.3, 0.4) is 0 Å². The van der Waals surface area contributed by atoms with Crippen LogP contribution in [-0.2, 0) is 16.4 Å². The highest BCUT2D eigenvalue weighted by atomic mass is 79.9. The quantitative estimate of drug-likeness (QED) is 0.869. The van der Waals surface area contributed by atoms with Crippen LogP contribution in [0.2, 0.25) is 0 Å². The van der Waals surface area contributed by atoms with E-state index in [2.05, 4.69) is 21.2 Å². The molecule has 1 aliphatic rings. The van der Waals surface area contributed by atoms with E-state index in [1.54, 1.807) is 30.3 Å². The van der Waals surface area contributed by atoms with Crippen LogP contribution >= 0.6 is 15.9 Å². The molecule has 0 saturated carbocycles. The normalized spacial score (nSPS) is 13.7. The fourth-order valence-corrected chi connectivity index (χ4v) is 3.95. The molecule has 120 valence electrons. The molecule has 1 aliphatic heterocycles. The number of anilines is 2. The molecule has 0 fully saturated rings. The first-order valence-corrected chi connectivity index (χ1v) is 9.66. The largest absolute Gasteiger partial charge is 0.322 e. The molecule has 2 aromatic carbocycles. The Morgan fingerprint density at radius 3 is 2.70 bits per heavy atom. The molecule has 0 unspecified atom stereocenters. The van der Waals surface area contributed by atoms with Crippen molar-refractivity contribution in [3.05, 3.63) is 58.1 Å². The number of nitrogens with one attached hydrogen (secondary N) is 1. The molecular weight excluding hydrogens is 380 g/mol. The lowest BCUT2D eigenvalue weighted by Gasteiger charge is -2.17. The minimum atomic E-state index is -3.30. The number of halogens is 1. The Kier molecular flexibility index (Phi) is 4.16. The summed E-state index contributed by atoms with van der Waals surface area (Å²) >= 11 is 3.33. The first-order chi connectivity index (χ1) is 10.8. The Morgan fingerprint density at radius 2 is 2.00 bits per heavy atom. The van der Waals surface area contributed by atoms with Gasteiger partial charge < -0.3 is 5.32 Å². The van der Waals surface area contributed by atoms with Gasteiger partial charge in [-0.15, -0.1) is 0 Å². The topological polar surface area (TPSA) is 66.5 Å². The Labute approximate surface area is 143 Å². The second-order valence-corrected chi connectivity index (χ2v) is 8.22. The molecule has 7 heteroatoms. The summed E-state index contributed by atoms with van der Waals surface area (Å²) in [7, 11) is -3.30. The molecule has 0 spiro atoms. The van der Waals surface area contributed by atoms with Crippen molar-refractivity contribution in [2.45, 2.75) is 6.42 Å². The van der Waals surface area contributed by atoms with Crippen LogP contribution in [0.5, 0.6) is 0 Å². The molecule has 2 aromatic rings. The van der Waals surface area contributed by atoms with Crippen molar-refractivity contribution in [2.24, 2.45) is 0 Å². The number of carbonyl (C=O) groups is 1. The van der Waals surface area contributed by atoms with Gasteiger partial charge in [0.1, 0.15) is 0 Å². The van der Waals surface area contributed by atoms with Crippen LogP contribution in [0.1, 0.15) is 15.9 Å². The third-order valence-corrected chi connectivity index (χ3v) is 5.36. The molecule has 0 saturated heterocycles. The second kappa shape index (κ2) is 5.98. The minimum Gasteiger partial charge on any atom is -0.322 e. The van der Waals surface area contributed by atoms with Gasteiger partial charge in [-0.2, -0.15) is 0 Å². The lowest BCUT2D eigenvalue weighted by atomic mass is 10.1. The van der Waals surface area contributed by atoms with Gasteiger partial charge in [-0.05, 0) is 42.3 Å². The van der Waals surface area contributed by atoms with Crippen LogP contribution in [-0.4, -0.2) is 27.1 Å². The number of hydrogen-bond donors (Lipinski definition) is 1. The van der Waals surface area contributed by atoms with Crippen LogP contribution < -0.4 is 9.62 Å². The molecule has 0 atom stereocenters. The molecular formula is C16H15BrN2O3S. The minimum absolute atomic E-state index is 0.241. The van der Waals surface area contributed by atoms with Gasteiger partial charge >= 0.3 is 0 Å². The molecule has 5 nitrogen and oxygen atoms in total. The number of hydrogen-bond acceptors (Lipinski definition) is 3. The van der Waals surface area contributed by atoms with E-state index in [0.29, 0.717) is 29.9 Å². The first kappa shape index (κ1) is 16.0. The summed E-state index contributed by atoms with van der Waals surface area (Å²) in [6.07, 6.45) is 1.87. The van der Waals surface area contributed by atoms with E-state index >= 15 is 0 Å². The van der Waals surface area contributed by atoms with Crippen molar-refractivity contribution in [1.82, 2.24) is 0 Å². The maximum absolute atomic E-state index is 12.3. The van der Waals surface area contributed by atoms with E-state index < -0.39 is 10.0 Å². The molecule has 1 heterocycles. The van der Waals surface area contributed by atoms with Crippen molar-refractivity contribution >= 4 is 43.2 Å². The van der Waals surface area contributed by atoms with Gasteiger partial charge in [0.2, 0.25) is 10.0 Å². The van der Waals surface area contributed by atoms with E-state index in [-0.39, 0.29) is 5.91 Å². The monoisotopic (exact) mass is 394 g/mol. The van der Waals surface area contributed by atoms with Gasteiger partial charge in [-0.3, -0.25) is 9.10 Å². The lowest BCUT2D eigenvalue weighted by Crippen LogP contribution is -2.27. The fraction of sp³-hybridized carbons (Fsp3) is 0.188. The summed E-state index contributed by atoms with van der Waals surface area (Å²) in [5, 5.41) is 2.81. The highest BCUT2D eigenvalue weighted by molar-refractivity contribution is 9.10. The highest BCUT2D eigenvalue weighted by Gasteiger charge is 2.26. The van der Waals surface area contributed by atoms with Gasteiger partial charge in [0.15, 0.2) is 0 Å². The zero-order valence-corrected chi connectivity index (χ0v) is 14.8. The van der Waals surface area contributed by atoms with Crippen LogP contribution in [0.25, 0.3) is 0 Å². The number of sulfonamides is 1.